The number of nitrogens with zero attached hydrogens (tertiary/aromatic N) is 1. The lowest BCUT2D eigenvalue weighted by Gasteiger charge is -2.42. The van der Waals surface area contributed by atoms with Crippen LogP contribution in [-0.4, -0.2) is 49.7 Å². The summed E-state index contributed by atoms with van der Waals surface area (Å²) in [6.07, 6.45) is 6.86. The van der Waals surface area contributed by atoms with Crippen LogP contribution in [0.3, 0.4) is 0 Å². The molecule has 4 heteroatoms. The fourth-order valence-corrected chi connectivity index (χ4v) is 3.44. The molecule has 0 radical (unpaired) electrons. The molecule has 19 heavy (non-hydrogen) atoms. The predicted octanol–water partition coefficient (Wildman–Crippen LogP) is 1.79. The van der Waals surface area contributed by atoms with Gasteiger partial charge in [-0.05, 0) is 58.0 Å². The average Bonchev–Trinajstić information content (AvgIpc) is 3.27. The Morgan fingerprint density at radius 3 is 2.68 bits per heavy atom. The van der Waals surface area contributed by atoms with Gasteiger partial charge in [-0.3, -0.25) is 4.79 Å². The minimum absolute atomic E-state index is 0.0952. The molecule has 4 nitrogen and oxygen atoms in total. The zero-order chi connectivity index (χ0) is 13.9. The van der Waals surface area contributed by atoms with E-state index in [0.717, 1.165) is 31.7 Å². The second-order valence-electron chi connectivity index (χ2n) is 6.10. The molecule has 0 aromatic heterocycles. The van der Waals surface area contributed by atoms with E-state index < -0.39 is 5.54 Å². The van der Waals surface area contributed by atoms with Crippen LogP contribution in [0, 0.1) is 5.92 Å². The molecule has 0 aromatic carbocycles. The molecular weight excluding hydrogens is 240 g/mol. The van der Waals surface area contributed by atoms with Crippen molar-refractivity contribution in [3.05, 3.63) is 0 Å². The zero-order valence-electron chi connectivity index (χ0n) is 12.6. The van der Waals surface area contributed by atoms with Crippen LogP contribution in [0.4, 0.5) is 0 Å². The van der Waals surface area contributed by atoms with Crippen molar-refractivity contribution in [1.29, 1.82) is 0 Å². The number of rotatable bonds is 6. The summed E-state index contributed by atoms with van der Waals surface area (Å²) in [6, 6.07) is 0.519. The number of esters is 1. The average molecular weight is 268 g/mol. The molecule has 2 atom stereocenters. The van der Waals surface area contributed by atoms with E-state index >= 15 is 0 Å². The summed E-state index contributed by atoms with van der Waals surface area (Å²) >= 11 is 0. The number of hydrogen-bond donors (Lipinski definition) is 1. The van der Waals surface area contributed by atoms with E-state index in [1.807, 2.05) is 7.05 Å². The number of methoxy groups -OCH3 is 1. The molecule has 2 unspecified atom stereocenters. The van der Waals surface area contributed by atoms with Crippen molar-refractivity contribution in [1.82, 2.24) is 10.2 Å². The van der Waals surface area contributed by atoms with Crippen LogP contribution in [-0.2, 0) is 9.53 Å². The highest BCUT2D eigenvalue weighted by Gasteiger charge is 2.44. The quantitative estimate of drug-likeness (QED) is 0.746. The zero-order valence-corrected chi connectivity index (χ0v) is 12.6. The van der Waals surface area contributed by atoms with Crippen molar-refractivity contribution in [3.8, 4) is 0 Å². The Labute approximate surface area is 116 Å². The third kappa shape index (κ3) is 3.29. The maximum absolute atomic E-state index is 12.1. The van der Waals surface area contributed by atoms with Crippen LogP contribution < -0.4 is 5.32 Å². The van der Waals surface area contributed by atoms with Gasteiger partial charge in [-0.25, -0.2) is 0 Å². The molecule has 0 aliphatic heterocycles. The van der Waals surface area contributed by atoms with E-state index in [1.165, 1.54) is 32.9 Å². The molecule has 2 aliphatic rings. The topological polar surface area (TPSA) is 41.6 Å². The number of carbonyl (C=O) groups is 1. The molecule has 2 fully saturated rings. The number of nitrogens with one attached hydrogen (secondary N) is 1. The Balaban J connectivity index is 2.02. The van der Waals surface area contributed by atoms with Crippen LogP contribution >= 0.6 is 0 Å². The first-order valence-electron chi connectivity index (χ1n) is 7.66. The molecule has 2 saturated carbocycles. The van der Waals surface area contributed by atoms with Crippen molar-refractivity contribution in [2.75, 3.05) is 27.2 Å². The van der Waals surface area contributed by atoms with E-state index in [9.17, 15) is 4.79 Å². The normalized spacial score (nSPS) is 31.5. The Morgan fingerprint density at radius 2 is 2.16 bits per heavy atom. The van der Waals surface area contributed by atoms with E-state index in [-0.39, 0.29) is 5.97 Å². The molecule has 0 bridgehead atoms. The Morgan fingerprint density at radius 1 is 1.42 bits per heavy atom. The fraction of sp³-hybridized carbons (Fsp3) is 0.933. The molecule has 1 N–H and O–H groups in total. The SMILES string of the molecule is CCN(CC1CC1)C1CCCC(NC)(C(=O)OC)C1. The molecule has 0 saturated heterocycles. The lowest BCUT2D eigenvalue weighted by molar-refractivity contribution is -0.151. The Kier molecular flexibility index (Phi) is 4.85. The standard InChI is InChI=1S/C15H28N2O2/c1-4-17(11-12-7-8-12)13-6-5-9-15(10-13,16-2)14(18)19-3/h12-13,16H,4-11H2,1-3H3. The summed E-state index contributed by atoms with van der Waals surface area (Å²) < 4.78 is 5.02. The molecule has 0 spiro atoms. The van der Waals surface area contributed by atoms with Gasteiger partial charge in [0.2, 0.25) is 0 Å². The number of hydrogen-bond acceptors (Lipinski definition) is 4. The highest BCUT2D eigenvalue weighted by Crippen LogP contribution is 2.35. The Bertz CT molecular complexity index is 317. The van der Waals surface area contributed by atoms with Gasteiger partial charge in [-0.15, -0.1) is 0 Å². The van der Waals surface area contributed by atoms with Gasteiger partial charge in [0.05, 0.1) is 7.11 Å². The molecular formula is C15H28N2O2. The first-order chi connectivity index (χ1) is 9.15. The van der Waals surface area contributed by atoms with Gasteiger partial charge >= 0.3 is 5.97 Å². The van der Waals surface area contributed by atoms with E-state index in [4.69, 9.17) is 4.74 Å². The largest absolute Gasteiger partial charge is 0.468 e. The second kappa shape index (κ2) is 6.23. The summed E-state index contributed by atoms with van der Waals surface area (Å²) in [5.74, 6) is 0.811. The third-order valence-corrected chi connectivity index (χ3v) is 4.89. The van der Waals surface area contributed by atoms with Gasteiger partial charge in [0.1, 0.15) is 5.54 Å². The molecule has 0 amide bonds. The maximum Gasteiger partial charge on any atom is 0.326 e. The van der Waals surface area contributed by atoms with Gasteiger partial charge in [0, 0.05) is 12.6 Å². The summed E-state index contributed by atoms with van der Waals surface area (Å²) in [7, 11) is 3.38. The van der Waals surface area contributed by atoms with E-state index in [0.29, 0.717) is 6.04 Å². The predicted molar refractivity (Wildman–Crippen MR) is 76.0 cm³/mol. The smallest absolute Gasteiger partial charge is 0.326 e. The van der Waals surface area contributed by atoms with Crippen molar-refractivity contribution >= 4 is 5.97 Å². The Hall–Kier alpha value is -0.610. The lowest BCUT2D eigenvalue weighted by atomic mass is 9.78. The third-order valence-electron chi connectivity index (χ3n) is 4.89. The first-order valence-corrected chi connectivity index (χ1v) is 7.66. The number of ether oxygens (including phenoxy) is 1. The van der Waals surface area contributed by atoms with Crippen molar-refractivity contribution < 1.29 is 9.53 Å². The fourth-order valence-electron chi connectivity index (χ4n) is 3.44. The van der Waals surface area contributed by atoms with Crippen LogP contribution in [0.2, 0.25) is 0 Å². The highest BCUT2D eigenvalue weighted by molar-refractivity contribution is 5.81. The molecule has 2 rings (SSSR count). The summed E-state index contributed by atoms with van der Waals surface area (Å²) in [6.45, 7) is 4.53. The van der Waals surface area contributed by atoms with Gasteiger partial charge in [-0.1, -0.05) is 6.92 Å². The minimum Gasteiger partial charge on any atom is -0.468 e. The summed E-state index contributed by atoms with van der Waals surface area (Å²) in [4.78, 5) is 14.7. The number of carbonyl (C=O) groups excluding carboxylic acids is 1. The van der Waals surface area contributed by atoms with Gasteiger partial charge < -0.3 is 15.0 Å². The molecule has 0 heterocycles. The monoisotopic (exact) mass is 268 g/mol. The van der Waals surface area contributed by atoms with E-state index in [2.05, 4.69) is 17.1 Å². The van der Waals surface area contributed by atoms with Crippen LogP contribution in [0.5, 0.6) is 0 Å². The summed E-state index contributed by atoms with van der Waals surface area (Å²) in [5.41, 5.74) is -0.464. The van der Waals surface area contributed by atoms with E-state index in [1.54, 1.807) is 0 Å². The first kappa shape index (κ1) is 14.8. The highest BCUT2D eigenvalue weighted by atomic mass is 16.5. The molecule has 0 aromatic rings. The van der Waals surface area contributed by atoms with Gasteiger partial charge in [-0.2, -0.15) is 0 Å². The van der Waals surface area contributed by atoms with Crippen molar-refractivity contribution in [3.63, 3.8) is 0 Å². The molecule has 110 valence electrons. The van der Waals surface area contributed by atoms with Gasteiger partial charge in [0.25, 0.3) is 0 Å². The minimum atomic E-state index is -0.464. The van der Waals surface area contributed by atoms with Crippen molar-refractivity contribution in [2.45, 2.75) is 57.0 Å². The number of likely N-dealkylation sites (N-methyl/N-ethyl adjacent to an activating group) is 1. The van der Waals surface area contributed by atoms with Crippen LogP contribution in [0.15, 0.2) is 0 Å². The maximum atomic E-state index is 12.1. The summed E-state index contributed by atoms with van der Waals surface area (Å²) in [5, 5.41) is 3.24. The molecule has 2 aliphatic carbocycles. The van der Waals surface area contributed by atoms with Gasteiger partial charge in [0.15, 0.2) is 0 Å². The van der Waals surface area contributed by atoms with Crippen LogP contribution in [0.25, 0.3) is 0 Å². The van der Waals surface area contributed by atoms with Crippen LogP contribution in [0.1, 0.15) is 45.4 Å². The lowest BCUT2D eigenvalue weighted by Crippen LogP contribution is -2.57. The second-order valence-corrected chi connectivity index (χ2v) is 6.10. The van der Waals surface area contributed by atoms with Crippen molar-refractivity contribution in [2.24, 2.45) is 5.92 Å².